The maximum Gasteiger partial charge on any atom is 0.119 e. The van der Waals surface area contributed by atoms with Crippen LogP contribution in [0.5, 0.6) is 5.75 Å². The number of hydrogen-bond donors (Lipinski definition) is 1. The zero-order valence-corrected chi connectivity index (χ0v) is 11.8. The van der Waals surface area contributed by atoms with Crippen LogP contribution in [-0.2, 0) is 0 Å². The third kappa shape index (κ3) is 3.15. The van der Waals surface area contributed by atoms with E-state index >= 15 is 0 Å². The number of methoxy groups -OCH3 is 1. The van der Waals surface area contributed by atoms with Crippen molar-refractivity contribution in [2.45, 2.75) is 19.9 Å². The molecule has 2 aromatic carbocycles. The van der Waals surface area contributed by atoms with Crippen LogP contribution in [0.3, 0.4) is 0 Å². The maximum atomic E-state index is 5.28. The molecule has 0 fully saturated rings. The molecule has 2 aromatic rings. The Labute approximate surface area is 115 Å². The zero-order valence-electron chi connectivity index (χ0n) is 11.8. The van der Waals surface area contributed by atoms with E-state index in [1.165, 1.54) is 16.7 Å². The fourth-order valence-electron chi connectivity index (χ4n) is 2.36. The van der Waals surface area contributed by atoms with Crippen LogP contribution in [0.1, 0.15) is 29.7 Å². The quantitative estimate of drug-likeness (QED) is 0.879. The molecule has 0 heterocycles. The molecule has 0 aliphatic rings. The van der Waals surface area contributed by atoms with Crippen molar-refractivity contribution in [3.63, 3.8) is 0 Å². The van der Waals surface area contributed by atoms with Gasteiger partial charge in [-0.25, -0.2) is 0 Å². The summed E-state index contributed by atoms with van der Waals surface area (Å²) in [7, 11) is 1.70. The van der Waals surface area contributed by atoms with Crippen molar-refractivity contribution in [1.29, 1.82) is 0 Å². The van der Waals surface area contributed by atoms with Crippen LogP contribution >= 0.6 is 0 Å². The summed E-state index contributed by atoms with van der Waals surface area (Å²) in [5.41, 5.74) is 3.83. The molecule has 2 nitrogen and oxygen atoms in total. The fraction of sp³-hybridized carbons (Fsp3) is 0.294. The first kappa shape index (κ1) is 13.6. The number of aryl methyl sites for hydroxylation is 1. The smallest absolute Gasteiger partial charge is 0.119 e. The molecule has 0 radical (unpaired) electrons. The molecule has 0 bridgehead atoms. The van der Waals surface area contributed by atoms with Crippen LogP contribution in [0, 0.1) is 6.92 Å². The highest BCUT2D eigenvalue weighted by Gasteiger charge is 2.15. The zero-order chi connectivity index (χ0) is 13.7. The van der Waals surface area contributed by atoms with E-state index in [1.807, 2.05) is 12.1 Å². The van der Waals surface area contributed by atoms with E-state index in [-0.39, 0.29) is 6.04 Å². The Morgan fingerprint density at radius 2 is 1.84 bits per heavy atom. The molecule has 0 amide bonds. The molecule has 0 spiro atoms. The van der Waals surface area contributed by atoms with Gasteiger partial charge in [-0.3, -0.25) is 0 Å². The molecule has 19 heavy (non-hydrogen) atoms. The summed E-state index contributed by atoms with van der Waals surface area (Å²) in [4.78, 5) is 0. The second kappa shape index (κ2) is 6.39. The third-order valence-electron chi connectivity index (χ3n) is 3.33. The number of benzene rings is 2. The predicted octanol–water partition coefficient (Wildman–Crippen LogP) is 3.70. The molecular weight excluding hydrogens is 234 g/mol. The summed E-state index contributed by atoms with van der Waals surface area (Å²) in [5.74, 6) is 0.907. The summed E-state index contributed by atoms with van der Waals surface area (Å²) in [5, 5.41) is 3.55. The maximum absolute atomic E-state index is 5.28. The number of ether oxygens (including phenoxy) is 1. The van der Waals surface area contributed by atoms with Gasteiger partial charge in [0.05, 0.1) is 13.2 Å². The van der Waals surface area contributed by atoms with Gasteiger partial charge in [0.15, 0.2) is 0 Å². The van der Waals surface area contributed by atoms with E-state index in [0.29, 0.717) is 0 Å². The minimum Gasteiger partial charge on any atom is -0.497 e. The van der Waals surface area contributed by atoms with Gasteiger partial charge in [0.25, 0.3) is 0 Å². The summed E-state index contributed by atoms with van der Waals surface area (Å²) in [6.07, 6.45) is 0. The molecule has 1 atom stereocenters. The van der Waals surface area contributed by atoms with Crippen molar-refractivity contribution >= 4 is 0 Å². The number of nitrogens with one attached hydrogen (secondary N) is 1. The highest BCUT2D eigenvalue weighted by atomic mass is 16.5. The second-order valence-electron chi connectivity index (χ2n) is 4.62. The van der Waals surface area contributed by atoms with Crippen LogP contribution in [-0.4, -0.2) is 13.7 Å². The van der Waals surface area contributed by atoms with Crippen molar-refractivity contribution < 1.29 is 4.74 Å². The third-order valence-corrected chi connectivity index (χ3v) is 3.33. The average molecular weight is 255 g/mol. The van der Waals surface area contributed by atoms with Crippen molar-refractivity contribution in [2.24, 2.45) is 0 Å². The van der Waals surface area contributed by atoms with Gasteiger partial charge in [-0.05, 0) is 42.3 Å². The van der Waals surface area contributed by atoms with Crippen molar-refractivity contribution in [1.82, 2.24) is 5.32 Å². The van der Waals surface area contributed by atoms with E-state index in [0.717, 1.165) is 12.3 Å². The standard InChI is InChI=1S/C17H21NO/c1-4-18-17(14-8-6-5-7-9-14)16-11-10-15(19-3)12-13(16)2/h5-12,17-18H,4H2,1-3H3. The Morgan fingerprint density at radius 3 is 2.42 bits per heavy atom. The molecule has 0 aliphatic carbocycles. The molecule has 2 heteroatoms. The topological polar surface area (TPSA) is 21.3 Å². The Morgan fingerprint density at radius 1 is 1.11 bits per heavy atom. The predicted molar refractivity (Wildman–Crippen MR) is 79.7 cm³/mol. The van der Waals surface area contributed by atoms with E-state index in [9.17, 15) is 0 Å². The Kier molecular flexibility index (Phi) is 4.58. The lowest BCUT2D eigenvalue weighted by Crippen LogP contribution is -2.22. The Bertz CT molecular complexity index is 522. The van der Waals surface area contributed by atoms with Crippen LogP contribution in [0.15, 0.2) is 48.5 Å². The van der Waals surface area contributed by atoms with Crippen molar-refractivity contribution in [2.75, 3.05) is 13.7 Å². The van der Waals surface area contributed by atoms with Gasteiger partial charge in [0.1, 0.15) is 5.75 Å². The highest BCUT2D eigenvalue weighted by molar-refractivity contribution is 5.41. The normalized spacial score (nSPS) is 12.2. The fourth-order valence-corrected chi connectivity index (χ4v) is 2.36. The average Bonchev–Trinajstić information content (AvgIpc) is 2.46. The Balaban J connectivity index is 2.39. The lowest BCUT2D eigenvalue weighted by molar-refractivity contribution is 0.414. The lowest BCUT2D eigenvalue weighted by Gasteiger charge is -2.21. The van der Waals surface area contributed by atoms with E-state index in [1.54, 1.807) is 7.11 Å². The molecule has 0 aliphatic heterocycles. The van der Waals surface area contributed by atoms with Crippen LogP contribution in [0.25, 0.3) is 0 Å². The Hall–Kier alpha value is -1.80. The van der Waals surface area contributed by atoms with Crippen molar-refractivity contribution in [3.8, 4) is 5.75 Å². The van der Waals surface area contributed by atoms with E-state index in [2.05, 4.69) is 55.6 Å². The number of hydrogen-bond acceptors (Lipinski definition) is 2. The first-order valence-corrected chi connectivity index (χ1v) is 6.69. The summed E-state index contributed by atoms with van der Waals surface area (Å²) < 4.78 is 5.28. The van der Waals surface area contributed by atoms with Gasteiger partial charge in [0.2, 0.25) is 0 Å². The van der Waals surface area contributed by atoms with Crippen molar-refractivity contribution in [3.05, 3.63) is 65.2 Å². The molecule has 1 N–H and O–H groups in total. The second-order valence-corrected chi connectivity index (χ2v) is 4.62. The molecular formula is C17H21NO. The van der Waals surface area contributed by atoms with Gasteiger partial charge >= 0.3 is 0 Å². The minimum absolute atomic E-state index is 0.233. The largest absolute Gasteiger partial charge is 0.497 e. The van der Waals surface area contributed by atoms with Crippen LogP contribution < -0.4 is 10.1 Å². The van der Waals surface area contributed by atoms with Gasteiger partial charge in [-0.1, -0.05) is 43.3 Å². The molecule has 0 saturated heterocycles. The molecule has 2 rings (SSSR count). The van der Waals surface area contributed by atoms with Gasteiger partial charge < -0.3 is 10.1 Å². The molecule has 100 valence electrons. The first-order chi connectivity index (χ1) is 9.26. The van der Waals surface area contributed by atoms with Gasteiger partial charge in [-0.15, -0.1) is 0 Å². The van der Waals surface area contributed by atoms with Gasteiger partial charge in [0, 0.05) is 0 Å². The van der Waals surface area contributed by atoms with E-state index < -0.39 is 0 Å². The lowest BCUT2D eigenvalue weighted by atomic mass is 9.95. The summed E-state index contributed by atoms with van der Waals surface area (Å²) in [6, 6.07) is 17.0. The van der Waals surface area contributed by atoms with Gasteiger partial charge in [-0.2, -0.15) is 0 Å². The molecule has 1 unspecified atom stereocenters. The summed E-state index contributed by atoms with van der Waals surface area (Å²) in [6.45, 7) is 5.20. The highest BCUT2D eigenvalue weighted by Crippen LogP contribution is 2.27. The first-order valence-electron chi connectivity index (χ1n) is 6.69. The molecule has 0 aromatic heterocycles. The summed E-state index contributed by atoms with van der Waals surface area (Å²) >= 11 is 0. The van der Waals surface area contributed by atoms with Crippen LogP contribution in [0.2, 0.25) is 0 Å². The monoisotopic (exact) mass is 255 g/mol. The number of rotatable bonds is 5. The molecule has 0 saturated carbocycles. The minimum atomic E-state index is 0.233. The van der Waals surface area contributed by atoms with Crippen LogP contribution in [0.4, 0.5) is 0 Å². The van der Waals surface area contributed by atoms with E-state index in [4.69, 9.17) is 4.74 Å². The SMILES string of the molecule is CCNC(c1ccccc1)c1ccc(OC)cc1C.